The van der Waals surface area contributed by atoms with Gasteiger partial charge in [0.05, 0.1) is 0 Å². The summed E-state index contributed by atoms with van der Waals surface area (Å²) in [5.74, 6) is 0. The summed E-state index contributed by atoms with van der Waals surface area (Å²) in [7, 11) is 0. The minimum absolute atomic E-state index is 1.08. The monoisotopic (exact) mass is 875 g/mol. The Morgan fingerprint density at radius 3 is 1.32 bits per heavy atom. The quantitative estimate of drug-likeness (QED) is 0.138. The molecule has 0 radical (unpaired) electrons. The van der Waals surface area contributed by atoms with Crippen molar-refractivity contribution in [3.8, 4) is 55.6 Å². The fourth-order valence-electron chi connectivity index (χ4n) is 10.8. The summed E-state index contributed by atoms with van der Waals surface area (Å²) >= 11 is 0. The Hall–Kier alpha value is -9.04. The van der Waals surface area contributed by atoms with Gasteiger partial charge in [-0.2, -0.15) is 0 Å². The molecule has 1 nitrogen and oxygen atoms in total. The maximum absolute atomic E-state index is 2.42. The van der Waals surface area contributed by atoms with Crippen LogP contribution in [0.2, 0.25) is 0 Å². The molecule has 0 saturated carbocycles. The molecule has 0 aliphatic rings. The molecule has 13 aromatic carbocycles. The molecule has 0 N–H and O–H groups in total. The Morgan fingerprint density at radius 2 is 0.638 bits per heavy atom. The average Bonchev–Trinajstić information content (AvgIpc) is 3.43. The van der Waals surface area contributed by atoms with Crippen LogP contribution in [0.15, 0.2) is 273 Å². The third-order valence-corrected chi connectivity index (χ3v) is 14.0. The van der Waals surface area contributed by atoms with E-state index < -0.39 is 0 Å². The molecule has 0 unspecified atom stereocenters. The molecule has 0 spiro atoms. The summed E-state index contributed by atoms with van der Waals surface area (Å²) in [6.07, 6.45) is 0. The van der Waals surface area contributed by atoms with Crippen LogP contribution in [0.3, 0.4) is 0 Å². The molecule has 0 aliphatic heterocycles. The van der Waals surface area contributed by atoms with Crippen molar-refractivity contribution >= 4 is 70.9 Å². The van der Waals surface area contributed by atoms with Crippen LogP contribution in [0.1, 0.15) is 0 Å². The fraction of sp³-hybridized carbons (Fsp3) is 0. The maximum atomic E-state index is 2.42. The van der Waals surface area contributed by atoms with Crippen molar-refractivity contribution < 1.29 is 0 Å². The zero-order valence-electron chi connectivity index (χ0n) is 37.9. The largest absolute Gasteiger partial charge is 0.310 e. The van der Waals surface area contributed by atoms with Gasteiger partial charge in [0.1, 0.15) is 0 Å². The van der Waals surface area contributed by atoms with E-state index in [1.54, 1.807) is 0 Å². The average molecular weight is 876 g/mol. The van der Waals surface area contributed by atoms with E-state index in [0.29, 0.717) is 0 Å². The Morgan fingerprint density at radius 1 is 0.188 bits per heavy atom. The topological polar surface area (TPSA) is 3.24 Å². The van der Waals surface area contributed by atoms with Gasteiger partial charge in [0.15, 0.2) is 0 Å². The summed E-state index contributed by atoms with van der Waals surface area (Å²) in [4.78, 5) is 2.40. The van der Waals surface area contributed by atoms with Crippen molar-refractivity contribution in [3.63, 3.8) is 0 Å². The molecule has 69 heavy (non-hydrogen) atoms. The van der Waals surface area contributed by atoms with Crippen molar-refractivity contribution in [2.45, 2.75) is 0 Å². The number of benzene rings is 13. The summed E-state index contributed by atoms with van der Waals surface area (Å²) in [5, 5.41) is 12.5. The second-order valence-electron chi connectivity index (χ2n) is 18.0. The SMILES string of the molecule is c1ccc(-c2c(-c3ccccc3)c3cc(-c4cccc(N(c5ccc(-c6cccc7ccccc67)cc5)c5ccc(-c6cc7ccccc7c7ccccc67)cc5)c4)ccc3c3ccccc23)cc1. The van der Waals surface area contributed by atoms with E-state index in [0.717, 1.165) is 22.6 Å². The highest BCUT2D eigenvalue weighted by atomic mass is 15.1. The number of hydrogen-bond acceptors (Lipinski definition) is 1. The van der Waals surface area contributed by atoms with Gasteiger partial charge in [-0.25, -0.2) is 0 Å². The second kappa shape index (κ2) is 17.0. The van der Waals surface area contributed by atoms with Crippen LogP contribution in [0.4, 0.5) is 17.1 Å². The van der Waals surface area contributed by atoms with Gasteiger partial charge >= 0.3 is 0 Å². The molecule has 0 aliphatic carbocycles. The molecule has 322 valence electrons. The first kappa shape index (κ1) is 40.3. The number of fused-ring (bicyclic) bond motifs is 7. The minimum Gasteiger partial charge on any atom is -0.310 e. The van der Waals surface area contributed by atoms with Gasteiger partial charge in [-0.15, -0.1) is 0 Å². The van der Waals surface area contributed by atoms with E-state index in [4.69, 9.17) is 0 Å². The van der Waals surface area contributed by atoms with Gasteiger partial charge in [-0.3, -0.25) is 0 Å². The Bertz CT molecular complexity index is 4040. The molecule has 1 heteroatoms. The highest BCUT2D eigenvalue weighted by molar-refractivity contribution is 6.22. The Balaban J connectivity index is 0.969. The van der Waals surface area contributed by atoms with Crippen LogP contribution in [0.5, 0.6) is 0 Å². The van der Waals surface area contributed by atoms with Crippen LogP contribution in [-0.2, 0) is 0 Å². The van der Waals surface area contributed by atoms with Crippen molar-refractivity contribution in [1.29, 1.82) is 0 Å². The van der Waals surface area contributed by atoms with Gasteiger partial charge in [-0.1, -0.05) is 224 Å². The first-order valence-corrected chi connectivity index (χ1v) is 23.8. The van der Waals surface area contributed by atoms with E-state index in [1.165, 1.54) is 104 Å². The van der Waals surface area contributed by atoms with Gasteiger partial charge in [0, 0.05) is 17.1 Å². The molecule has 0 amide bonds. The molecule has 13 rings (SSSR count). The third-order valence-electron chi connectivity index (χ3n) is 14.0. The zero-order valence-corrected chi connectivity index (χ0v) is 37.9. The van der Waals surface area contributed by atoms with Crippen molar-refractivity contribution in [2.24, 2.45) is 0 Å². The van der Waals surface area contributed by atoms with E-state index >= 15 is 0 Å². The second-order valence-corrected chi connectivity index (χ2v) is 18.0. The lowest BCUT2D eigenvalue weighted by atomic mass is 9.84. The maximum Gasteiger partial charge on any atom is 0.0467 e. The highest BCUT2D eigenvalue weighted by Gasteiger charge is 2.20. The molecule has 0 aromatic heterocycles. The summed E-state index contributed by atoms with van der Waals surface area (Å²) in [5.41, 5.74) is 15.3. The van der Waals surface area contributed by atoms with Crippen LogP contribution < -0.4 is 4.90 Å². The summed E-state index contributed by atoms with van der Waals surface area (Å²) < 4.78 is 0. The fourth-order valence-corrected chi connectivity index (χ4v) is 10.8. The van der Waals surface area contributed by atoms with Crippen molar-refractivity contribution in [2.75, 3.05) is 4.90 Å². The number of hydrogen-bond donors (Lipinski definition) is 0. The Kier molecular flexibility index (Phi) is 9.91. The van der Waals surface area contributed by atoms with Crippen molar-refractivity contribution in [3.05, 3.63) is 273 Å². The third kappa shape index (κ3) is 7.12. The van der Waals surface area contributed by atoms with E-state index in [2.05, 4.69) is 278 Å². The normalized spacial score (nSPS) is 11.5. The van der Waals surface area contributed by atoms with Gasteiger partial charge in [0.2, 0.25) is 0 Å². The molecule has 0 fully saturated rings. The van der Waals surface area contributed by atoms with Gasteiger partial charge < -0.3 is 4.90 Å². The lowest BCUT2D eigenvalue weighted by molar-refractivity contribution is 1.28. The smallest absolute Gasteiger partial charge is 0.0467 e. The first-order chi connectivity index (χ1) is 34.2. The van der Waals surface area contributed by atoms with E-state index in [9.17, 15) is 0 Å². The predicted molar refractivity (Wildman–Crippen MR) is 296 cm³/mol. The number of rotatable bonds is 8. The van der Waals surface area contributed by atoms with Crippen LogP contribution in [0.25, 0.3) is 109 Å². The number of nitrogens with zero attached hydrogens (tertiary/aromatic N) is 1. The van der Waals surface area contributed by atoms with Crippen LogP contribution in [-0.4, -0.2) is 0 Å². The molecule has 0 heterocycles. The highest BCUT2D eigenvalue weighted by Crippen LogP contribution is 2.47. The standard InChI is InChI=1S/C68H45N/c1-3-18-49(19-4-1)67-64-31-14-13-29-61(64)63-42-37-52(44-66(63)68(67)50-20-5-2-6-21-50)51-24-15-25-56(43-51)69(54-38-33-47(34-39-54)58-32-16-23-46-17-7-9-26-57(46)58)55-40-35-48(36-41-55)65-45-53-22-8-10-27-59(53)60-28-11-12-30-62(60)65/h1-45H. The van der Waals surface area contributed by atoms with Gasteiger partial charge in [-0.05, 0) is 158 Å². The molecule has 0 saturated heterocycles. The van der Waals surface area contributed by atoms with Crippen LogP contribution >= 0.6 is 0 Å². The number of anilines is 3. The first-order valence-electron chi connectivity index (χ1n) is 23.8. The lowest BCUT2D eigenvalue weighted by Crippen LogP contribution is -2.10. The molecule has 0 bridgehead atoms. The van der Waals surface area contributed by atoms with Gasteiger partial charge in [0.25, 0.3) is 0 Å². The Labute approximate surface area is 402 Å². The lowest BCUT2D eigenvalue weighted by Gasteiger charge is -2.27. The molecule has 13 aromatic rings. The van der Waals surface area contributed by atoms with Crippen LogP contribution in [0, 0.1) is 0 Å². The molecular formula is C68H45N. The van der Waals surface area contributed by atoms with E-state index in [-0.39, 0.29) is 0 Å². The summed E-state index contributed by atoms with van der Waals surface area (Å²) in [6.45, 7) is 0. The van der Waals surface area contributed by atoms with E-state index in [1.807, 2.05) is 0 Å². The predicted octanol–water partition coefficient (Wildman–Crippen LogP) is 19.3. The van der Waals surface area contributed by atoms with Crippen molar-refractivity contribution in [1.82, 2.24) is 0 Å². The minimum atomic E-state index is 1.08. The zero-order chi connectivity index (χ0) is 45.7. The summed E-state index contributed by atoms with van der Waals surface area (Å²) in [6, 6.07) is 100. The molecule has 0 atom stereocenters. The molecular weight excluding hydrogens is 831 g/mol.